The average molecular weight is 260 g/mol. The van der Waals surface area contributed by atoms with Crippen molar-refractivity contribution in [2.75, 3.05) is 12.3 Å². The predicted octanol–water partition coefficient (Wildman–Crippen LogP) is 0.756. The summed E-state index contributed by atoms with van der Waals surface area (Å²) in [6, 6.07) is -0.0543. The van der Waals surface area contributed by atoms with Crippen molar-refractivity contribution in [3.8, 4) is 0 Å². The van der Waals surface area contributed by atoms with Gasteiger partial charge in [0.25, 0.3) is 0 Å². The minimum atomic E-state index is -3.02. The molecule has 0 bridgehead atoms. The smallest absolute Gasteiger partial charge is 0.317 e. The van der Waals surface area contributed by atoms with Crippen molar-refractivity contribution in [3.05, 3.63) is 0 Å². The van der Waals surface area contributed by atoms with E-state index in [9.17, 15) is 13.2 Å². The molecule has 1 saturated heterocycles. The molecular formula is C11H20N2O3S. The number of urea groups is 1. The van der Waals surface area contributed by atoms with Crippen LogP contribution in [0.3, 0.4) is 0 Å². The van der Waals surface area contributed by atoms with Gasteiger partial charge in [-0.15, -0.1) is 0 Å². The summed E-state index contributed by atoms with van der Waals surface area (Å²) in [5.41, 5.74) is 0. The summed E-state index contributed by atoms with van der Waals surface area (Å²) in [6.45, 7) is 3.80. The van der Waals surface area contributed by atoms with Gasteiger partial charge >= 0.3 is 6.03 Å². The van der Waals surface area contributed by atoms with Crippen LogP contribution in [0.15, 0.2) is 0 Å². The molecular weight excluding hydrogens is 240 g/mol. The number of hydrogen-bond acceptors (Lipinski definition) is 3. The monoisotopic (exact) mass is 260 g/mol. The van der Waals surface area contributed by atoms with Crippen LogP contribution in [0.2, 0.25) is 0 Å². The van der Waals surface area contributed by atoms with Gasteiger partial charge in [0.05, 0.1) is 11.0 Å². The highest BCUT2D eigenvalue weighted by atomic mass is 32.2. The molecule has 17 heavy (non-hydrogen) atoms. The number of nitrogens with one attached hydrogen (secondary N) is 1. The largest absolute Gasteiger partial charge is 0.335 e. The van der Waals surface area contributed by atoms with Crippen molar-refractivity contribution >= 4 is 15.9 Å². The van der Waals surface area contributed by atoms with Crippen molar-refractivity contribution in [2.24, 2.45) is 0 Å². The van der Waals surface area contributed by atoms with Crippen LogP contribution < -0.4 is 5.32 Å². The first-order valence-electron chi connectivity index (χ1n) is 6.20. The molecule has 0 aromatic rings. The van der Waals surface area contributed by atoms with E-state index in [1.54, 1.807) is 11.8 Å². The predicted molar refractivity (Wildman–Crippen MR) is 65.6 cm³/mol. The molecule has 2 aliphatic rings. The maximum atomic E-state index is 12.0. The Labute approximate surface area is 102 Å². The number of nitrogens with zero attached hydrogens (tertiary/aromatic N) is 1. The van der Waals surface area contributed by atoms with Crippen LogP contribution in [-0.2, 0) is 9.84 Å². The highest BCUT2D eigenvalue weighted by molar-refractivity contribution is 7.92. The zero-order valence-electron chi connectivity index (χ0n) is 10.3. The van der Waals surface area contributed by atoms with Crippen LogP contribution in [-0.4, -0.2) is 49.0 Å². The van der Waals surface area contributed by atoms with Gasteiger partial charge in [0.15, 0.2) is 9.84 Å². The van der Waals surface area contributed by atoms with Gasteiger partial charge in [-0.25, -0.2) is 13.2 Å². The summed E-state index contributed by atoms with van der Waals surface area (Å²) in [6.07, 6.45) is 3.26. The van der Waals surface area contributed by atoms with Crippen molar-refractivity contribution in [3.63, 3.8) is 0 Å². The van der Waals surface area contributed by atoms with Gasteiger partial charge in [0.1, 0.15) is 0 Å². The number of amides is 2. The molecule has 0 aromatic carbocycles. The van der Waals surface area contributed by atoms with Gasteiger partial charge in [0.2, 0.25) is 0 Å². The number of sulfone groups is 1. The van der Waals surface area contributed by atoms with Crippen molar-refractivity contribution in [1.29, 1.82) is 0 Å². The van der Waals surface area contributed by atoms with E-state index >= 15 is 0 Å². The molecule has 1 saturated carbocycles. The van der Waals surface area contributed by atoms with Crippen molar-refractivity contribution in [2.45, 2.75) is 50.4 Å². The minimum absolute atomic E-state index is 0.0800. The van der Waals surface area contributed by atoms with Gasteiger partial charge in [-0.1, -0.05) is 0 Å². The lowest BCUT2D eigenvalue weighted by Gasteiger charge is -2.39. The first-order valence-corrected chi connectivity index (χ1v) is 7.92. The molecule has 1 aliphatic heterocycles. The van der Waals surface area contributed by atoms with Gasteiger partial charge in [-0.05, 0) is 33.1 Å². The first-order chi connectivity index (χ1) is 7.92. The summed E-state index contributed by atoms with van der Waals surface area (Å²) in [5, 5.41) is 2.49. The molecule has 1 heterocycles. The molecule has 1 N–H and O–H groups in total. The molecule has 2 rings (SSSR count). The standard InChI is InChI=1S/C11H20N2O3S/c1-8-9(2)17(15,16)7-6-13(8)11(14)12-10-4-3-5-10/h8-10H,3-7H2,1-2H3,(H,12,14)/t8-,9+/m0/s1. The van der Waals surface area contributed by atoms with Gasteiger partial charge < -0.3 is 10.2 Å². The highest BCUT2D eigenvalue weighted by Gasteiger charge is 2.38. The van der Waals surface area contributed by atoms with Gasteiger partial charge in [-0.3, -0.25) is 0 Å². The lowest BCUT2D eigenvalue weighted by atomic mass is 9.93. The molecule has 1 aliphatic carbocycles. The quantitative estimate of drug-likeness (QED) is 0.757. The van der Waals surface area contributed by atoms with Crippen molar-refractivity contribution < 1.29 is 13.2 Å². The Kier molecular flexibility index (Phi) is 3.34. The minimum Gasteiger partial charge on any atom is -0.335 e. The zero-order valence-corrected chi connectivity index (χ0v) is 11.2. The molecule has 2 fully saturated rings. The Morgan fingerprint density at radius 1 is 1.29 bits per heavy atom. The Hall–Kier alpha value is -0.780. The van der Waals surface area contributed by atoms with Crippen LogP contribution in [0.4, 0.5) is 4.79 Å². The van der Waals surface area contributed by atoms with Crippen LogP contribution in [0.1, 0.15) is 33.1 Å². The molecule has 0 unspecified atom stereocenters. The fraction of sp³-hybridized carbons (Fsp3) is 0.909. The molecule has 0 radical (unpaired) electrons. The van der Waals surface area contributed by atoms with Crippen LogP contribution in [0.5, 0.6) is 0 Å². The number of rotatable bonds is 1. The van der Waals surface area contributed by atoms with E-state index in [4.69, 9.17) is 0 Å². The van der Waals surface area contributed by atoms with Crippen LogP contribution in [0.25, 0.3) is 0 Å². The van der Waals surface area contributed by atoms with E-state index < -0.39 is 15.1 Å². The van der Waals surface area contributed by atoms with Crippen LogP contribution in [0, 0.1) is 0 Å². The normalized spacial score (nSPS) is 32.9. The van der Waals surface area contributed by atoms with Crippen LogP contribution >= 0.6 is 0 Å². The molecule has 6 heteroatoms. The molecule has 5 nitrogen and oxygen atoms in total. The van der Waals surface area contributed by atoms with Gasteiger partial charge in [0, 0.05) is 18.6 Å². The summed E-state index contributed by atoms with van der Waals surface area (Å²) in [7, 11) is -3.02. The topological polar surface area (TPSA) is 66.5 Å². The van der Waals surface area contributed by atoms with E-state index in [-0.39, 0.29) is 17.8 Å². The maximum Gasteiger partial charge on any atom is 0.317 e. The number of carbonyl (C=O) groups is 1. The molecule has 98 valence electrons. The third-order valence-corrected chi connectivity index (χ3v) is 6.33. The highest BCUT2D eigenvalue weighted by Crippen LogP contribution is 2.22. The van der Waals surface area contributed by atoms with E-state index in [0.717, 1.165) is 12.8 Å². The second kappa shape index (κ2) is 4.48. The number of carbonyl (C=O) groups excluding carboxylic acids is 1. The molecule has 0 spiro atoms. The lowest BCUT2D eigenvalue weighted by Crippen LogP contribution is -2.58. The maximum absolute atomic E-state index is 12.0. The van der Waals surface area contributed by atoms with E-state index in [1.165, 1.54) is 6.42 Å². The molecule has 2 amide bonds. The average Bonchev–Trinajstić information content (AvgIpc) is 2.20. The summed E-state index contributed by atoms with van der Waals surface area (Å²) < 4.78 is 23.4. The second-order valence-electron chi connectivity index (χ2n) is 5.08. The van der Waals surface area contributed by atoms with E-state index in [0.29, 0.717) is 12.6 Å². The summed E-state index contributed by atoms with van der Waals surface area (Å²) >= 11 is 0. The Balaban J connectivity index is 1.99. The lowest BCUT2D eigenvalue weighted by molar-refractivity contribution is 0.168. The molecule has 0 aromatic heterocycles. The van der Waals surface area contributed by atoms with Gasteiger partial charge in [-0.2, -0.15) is 0 Å². The third kappa shape index (κ3) is 2.41. The fourth-order valence-corrected chi connectivity index (χ4v) is 3.84. The van der Waals surface area contributed by atoms with E-state index in [2.05, 4.69) is 5.32 Å². The Morgan fingerprint density at radius 3 is 2.47 bits per heavy atom. The van der Waals surface area contributed by atoms with E-state index in [1.807, 2.05) is 6.92 Å². The summed E-state index contributed by atoms with van der Waals surface area (Å²) in [4.78, 5) is 13.6. The first kappa shape index (κ1) is 12.7. The fourth-order valence-electron chi connectivity index (χ4n) is 2.27. The third-order valence-electron chi connectivity index (χ3n) is 4.05. The molecule has 2 atom stereocenters. The zero-order chi connectivity index (χ0) is 12.6. The summed E-state index contributed by atoms with van der Waals surface area (Å²) in [5.74, 6) is 0.0800. The number of hydrogen-bond donors (Lipinski definition) is 1. The second-order valence-corrected chi connectivity index (χ2v) is 7.56. The Morgan fingerprint density at radius 2 is 1.94 bits per heavy atom. The van der Waals surface area contributed by atoms with Crippen molar-refractivity contribution in [1.82, 2.24) is 10.2 Å². The Bertz CT molecular complexity index is 403. The SMILES string of the molecule is C[C@@H]1[C@H](C)N(C(=O)NC2CCC2)CCS1(=O)=O.